The maximum atomic E-state index is 6.62. The van der Waals surface area contributed by atoms with Gasteiger partial charge in [0, 0.05) is 55.4 Å². The van der Waals surface area contributed by atoms with Crippen molar-refractivity contribution in [2.75, 3.05) is 0 Å². The number of fused-ring (bicyclic) bond motifs is 13. The van der Waals surface area contributed by atoms with Gasteiger partial charge in [0.05, 0.1) is 11.0 Å². The fraction of sp³-hybridized carbons (Fsp3) is 0.0370. The summed E-state index contributed by atoms with van der Waals surface area (Å²) < 4.78 is 21.6. The summed E-state index contributed by atoms with van der Waals surface area (Å²) in [6, 6.07) is 60.6. The predicted octanol–water partition coefficient (Wildman–Crippen LogP) is 15.1. The van der Waals surface area contributed by atoms with E-state index < -0.39 is 0 Å². The quantitative estimate of drug-likeness (QED) is 0.180. The molecule has 272 valence electrons. The van der Waals surface area contributed by atoms with E-state index in [4.69, 9.17) is 13.3 Å². The molecule has 13 rings (SSSR count). The van der Waals surface area contributed by atoms with E-state index in [0.29, 0.717) is 0 Å². The van der Waals surface area contributed by atoms with Crippen molar-refractivity contribution in [3.8, 4) is 27.9 Å². The van der Waals surface area contributed by atoms with Crippen LogP contribution < -0.4 is 0 Å². The van der Waals surface area contributed by atoms with Crippen LogP contribution in [0.5, 0.6) is 0 Å². The SMILES string of the molecule is C1=C(c2ccc3c(c2)c2ccccc2n3-c2ccccc2)CCc2oc3ccc4oc5ccc(-c6cccc(-c7ccc8oc9ccccc9c8c7)c6)cc5c4c3c21. The monoisotopic (exact) mass is 743 g/mol. The van der Waals surface area contributed by atoms with Crippen LogP contribution in [-0.4, -0.2) is 4.57 Å². The molecule has 4 heteroatoms. The second-order valence-electron chi connectivity index (χ2n) is 15.5. The lowest BCUT2D eigenvalue weighted by molar-refractivity contribution is 0.547. The van der Waals surface area contributed by atoms with Crippen LogP contribution in [0.1, 0.15) is 23.3 Å². The first kappa shape index (κ1) is 31.6. The molecule has 0 bridgehead atoms. The van der Waals surface area contributed by atoms with E-state index >= 15 is 0 Å². The third-order valence-corrected chi connectivity index (χ3v) is 12.3. The summed E-state index contributed by atoms with van der Waals surface area (Å²) in [5.41, 5.74) is 16.4. The van der Waals surface area contributed by atoms with Gasteiger partial charge in [0.1, 0.15) is 33.7 Å². The minimum atomic E-state index is 0.843. The van der Waals surface area contributed by atoms with Gasteiger partial charge in [0.2, 0.25) is 0 Å². The van der Waals surface area contributed by atoms with Gasteiger partial charge in [-0.15, -0.1) is 0 Å². The molecule has 1 aliphatic carbocycles. The fourth-order valence-electron chi connectivity index (χ4n) is 9.58. The Morgan fingerprint density at radius 2 is 0.966 bits per heavy atom. The molecule has 0 spiro atoms. The molecule has 4 aromatic heterocycles. The van der Waals surface area contributed by atoms with E-state index in [1.165, 1.54) is 38.6 Å². The number of hydrogen-bond acceptors (Lipinski definition) is 3. The molecule has 0 fully saturated rings. The van der Waals surface area contributed by atoms with Crippen molar-refractivity contribution in [3.05, 3.63) is 187 Å². The topological polar surface area (TPSA) is 44.4 Å². The highest BCUT2D eigenvalue weighted by atomic mass is 16.3. The Morgan fingerprint density at radius 1 is 0.362 bits per heavy atom. The molecule has 0 saturated carbocycles. The minimum absolute atomic E-state index is 0.843. The number of aromatic nitrogens is 1. The summed E-state index contributed by atoms with van der Waals surface area (Å²) in [4.78, 5) is 0. The zero-order chi connectivity index (χ0) is 37.9. The molecule has 0 atom stereocenters. The number of nitrogens with zero attached hydrogens (tertiary/aromatic N) is 1. The van der Waals surface area contributed by atoms with Crippen molar-refractivity contribution in [1.29, 1.82) is 0 Å². The Kier molecular flexibility index (Phi) is 6.53. The molecule has 8 aromatic carbocycles. The fourth-order valence-corrected chi connectivity index (χ4v) is 9.58. The van der Waals surface area contributed by atoms with Crippen LogP contribution in [0.25, 0.3) is 116 Å². The first-order valence-electron chi connectivity index (χ1n) is 19.9. The second kappa shape index (κ2) is 12.0. The van der Waals surface area contributed by atoms with Crippen molar-refractivity contribution in [2.45, 2.75) is 12.8 Å². The number of furan rings is 3. The Labute approximate surface area is 332 Å². The van der Waals surface area contributed by atoms with E-state index in [-0.39, 0.29) is 0 Å². The first-order chi connectivity index (χ1) is 28.7. The standard InChI is InChI=1S/C54H33NO3/c1-2-11-38(12-3-1)55-45-15-6-4-13-39(45)41-28-34(17-21-46(41)55)37-20-24-50-44(31-37)54-52(58-50)26-25-51-53(54)43-30-36(19-23-49(43)57-51)33-10-8-9-32(27-33)35-18-22-48-42(29-35)40-14-5-7-16-47(40)56-48/h1-19,21-23,25-31H,20,24H2. The van der Waals surface area contributed by atoms with Crippen LogP contribution in [0, 0.1) is 0 Å². The summed E-state index contributed by atoms with van der Waals surface area (Å²) in [7, 11) is 0. The van der Waals surface area contributed by atoms with Gasteiger partial charge in [-0.05, 0) is 125 Å². The second-order valence-corrected chi connectivity index (χ2v) is 15.5. The highest BCUT2D eigenvalue weighted by Gasteiger charge is 2.24. The highest BCUT2D eigenvalue weighted by Crippen LogP contribution is 2.45. The van der Waals surface area contributed by atoms with Crippen LogP contribution >= 0.6 is 0 Å². The number of allylic oxidation sites excluding steroid dienone is 1. The first-order valence-corrected chi connectivity index (χ1v) is 19.9. The molecule has 58 heavy (non-hydrogen) atoms. The molecular weight excluding hydrogens is 711 g/mol. The summed E-state index contributed by atoms with van der Waals surface area (Å²) >= 11 is 0. The van der Waals surface area contributed by atoms with Crippen LogP contribution in [0.15, 0.2) is 183 Å². The van der Waals surface area contributed by atoms with Crippen LogP contribution in [-0.2, 0) is 6.42 Å². The van der Waals surface area contributed by atoms with Gasteiger partial charge in [-0.1, -0.05) is 91.0 Å². The summed E-state index contributed by atoms with van der Waals surface area (Å²) in [6.45, 7) is 0. The maximum Gasteiger partial charge on any atom is 0.136 e. The van der Waals surface area contributed by atoms with Gasteiger partial charge in [-0.2, -0.15) is 0 Å². The molecule has 12 aromatic rings. The molecule has 0 amide bonds. The largest absolute Gasteiger partial charge is 0.460 e. The third-order valence-electron chi connectivity index (χ3n) is 12.3. The Bertz CT molecular complexity index is 3680. The Hall–Kier alpha value is -7.56. The Morgan fingerprint density at radius 3 is 1.81 bits per heavy atom. The van der Waals surface area contributed by atoms with E-state index in [1.807, 2.05) is 12.1 Å². The van der Waals surface area contributed by atoms with Crippen molar-refractivity contribution in [3.63, 3.8) is 0 Å². The molecular formula is C54H33NO3. The predicted molar refractivity (Wildman–Crippen MR) is 239 cm³/mol. The number of rotatable bonds is 4. The van der Waals surface area contributed by atoms with Gasteiger partial charge in [0.25, 0.3) is 0 Å². The normalized spacial score (nSPS) is 13.1. The van der Waals surface area contributed by atoms with Gasteiger partial charge in [-0.3, -0.25) is 0 Å². The molecule has 0 unspecified atom stereocenters. The van der Waals surface area contributed by atoms with E-state index in [0.717, 1.165) is 101 Å². The van der Waals surface area contributed by atoms with Crippen LogP contribution in [0.4, 0.5) is 0 Å². The number of hydrogen-bond donors (Lipinski definition) is 0. The zero-order valence-electron chi connectivity index (χ0n) is 31.3. The van der Waals surface area contributed by atoms with Gasteiger partial charge >= 0.3 is 0 Å². The minimum Gasteiger partial charge on any atom is -0.460 e. The van der Waals surface area contributed by atoms with Crippen LogP contribution in [0.2, 0.25) is 0 Å². The average molecular weight is 744 g/mol. The van der Waals surface area contributed by atoms with Gasteiger partial charge in [0.15, 0.2) is 0 Å². The molecule has 1 aliphatic rings. The highest BCUT2D eigenvalue weighted by molar-refractivity contribution is 6.22. The molecule has 0 radical (unpaired) electrons. The van der Waals surface area contributed by atoms with Crippen molar-refractivity contribution >= 4 is 88.3 Å². The van der Waals surface area contributed by atoms with Crippen molar-refractivity contribution < 1.29 is 13.3 Å². The number of para-hydroxylation sites is 3. The third kappa shape index (κ3) is 4.63. The zero-order valence-corrected chi connectivity index (χ0v) is 31.3. The van der Waals surface area contributed by atoms with Gasteiger partial charge in [-0.25, -0.2) is 0 Å². The number of aryl methyl sites for hydroxylation is 1. The molecule has 0 aliphatic heterocycles. The Balaban J connectivity index is 0.933. The molecule has 4 heterocycles. The van der Waals surface area contributed by atoms with Gasteiger partial charge < -0.3 is 17.8 Å². The van der Waals surface area contributed by atoms with E-state index in [2.05, 4.69) is 168 Å². The summed E-state index contributed by atoms with van der Waals surface area (Å²) in [6.07, 6.45) is 4.12. The van der Waals surface area contributed by atoms with Crippen molar-refractivity contribution in [2.24, 2.45) is 0 Å². The molecule has 4 nitrogen and oxygen atoms in total. The summed E-state index contributed by atoms with van der Waals surface area (Å²) in [5.74, 6) is 1.04. The average Bonchev–Trinajstić information content (AvgIpc) is 4.04. The lowest BCUT2D eigenvalue weighted by atomic mass is 9.90. The lowest BCUT2D eigenvalue weighted by Crippen LogP contribution is -1.97. The number of benzene rings is 8. The van der Waals surface area contributed by atoms with Crippen LogP contribution in [0.3, 0.4) is 0 Å². The molecule has 0 N–H and O–H groups in total. The summed E-state index contributed by atoms with van der Waals surface area (Å²) in [5, 5.41) is 8.10. The smallest absolute Gasteiger partial charge is 0.136 e. The lowest BCUT2D eigenvalue weighted by Gasteiger charge is -2.14. The maximum absolute atomic E-state index is 6.62. The van der Waals surface area contributed by atoms with E-state index in [9.17, 15) is 0 Å². The molecule has 0 saturated heterocycles. The van der Waals surface area contributed by atoms with E-state index in [1.54, 1.807) is 0 Å². The van der Waals surface area contributed by atoms with Crippen molar-refractivity contribution in [1.82, 2.24) is 4.57 Å².